The summed E-state index contributed by atoms with van der Waals surface area (Å²) in [6.45, 7) is 1.11. The van der Waals surface area contributed by atoms with Crippen LogP contribution in [0, 0.1) is 11.6 Å². The molecule has 0 fully saturated rings. The van der Waals surface area contributed by atoms with E-state index in [-0.39, 0.29) is 4.47 Å². The van der Waals surface area contributed by atoms with Gasteiger partial charge in [-0.15, -0.1) is 0 Å². The van der Waals surface area contributed by atoms with E-state index in [1.165, 1.54) is 7.11 Å². The van der Waals surface area contributed by atoms with Gasteiger partial charge < -0.3 is 4.74 Å². The fourth-order valence-corrected chi connectivity index (χ4v) is 1.71. The van der Waals surface area contributed by atoms with Gasteiger partial charge in [0.25, 0.3) is 0 Å². The zero-order chi connectivity index (χ0) is 13.9. The smallest absolute Gasteiger partial charge is 0.205 e. The van der Waals surface area contributed by atoms with Crippen molar-refractivity contribution in [3.63, 3.8) is 0 Å². The zero-order valence-corrected chi connectivity index (χ0v) is 11.2. The van der Waals surface area contributed by atoms with Crippen molar-refractivity contribution in [3.05, 3.63) is 45.6 Å². The molecule has 1 aromatic carbocycles. The van der Waals surface area contributed by atoms with Gasteiger partial charge in [-0.1, -0.05) is 15.9 Å². The van der Waals surface area contributed by atoms with Gasteiger partial charge in [0, 0.05) is 4.47 Å². The molecule has 0 saturated heterocycles. The number of halogens is 3. The first-order valence-corrected chi connectivity index (χ1v) is 5.61. The van der Waals surface area contributed by atoms with Gasteiger partial charge >= 0.3 is 0 Å². The summed E-state index contributed by atoms with van der Waals surface area (Å²) in [5.74, 6) is -3.78. The van der Waals surface area contributed by atoms with Crippen LogP contribution in [-0.2, 0) is 9.53 Å². The molecule has 0 amide bonds. The average Bonchev–Trinajstić information content (AvgIpc) is 2.23. The monoisotopic (exact) mass is 318 g/mol. The number of hydrogen-bond acceptors (Lipinski definition) is 3. The molecule has 96 valence electrons. The second-order valence-corrected chi connectivity index (χ2v) is 4.31. The van der Waals surface area contributed by atoms with E-state index in [0.717, 1.165) is 25.3 Å². The van der Waals surface area contributed by atoms with E-state index in [1.54, 1.807) is 0 Å². The van der Waals surface area contributed by atoms with E-state index in [9.17, 15) is 18.4 Å². The van der Waals surface area contributed by atoms with E-state index in [0.29, 0.717) is 0 Å². The highest BCUT2D eigenvalue weighted by Crippen LogP contribution is 2.22. The van der Waals surface area contributed by atoms with E-state index < -0.39 is 34.3 Å². The molecule has 18 heavy (non-hydrogen) atoms. The molecule has 1 rings (SSSR count). The van der Waals surface area contributed by atoms with Crippen LogP contribution in [0.3, 0.4) is 0 Å². The second kappa shape index (κ2) is 5.86. The van der Waals surface area contributed by atoms with Crippen LogP contribution in [0.15, 0.2) is 28.4 Å². The van der Waals surface area contributed by atoms with Gasteiger partial charge in [-0.25, -0.2) is 8.78 Å². The lowest BCUT2D eigenvalue weighted by atomic mass is 10.0. The van der Waals surface area contributed by atoms with Gasteiger partial charge in [0.2, 0.25) is 5.78 Å². The molecule has 0 unspecified atom stereocenters. The predicted octanol–water partition coefficient (Wildman–Crippen LogP) is 3.03. The summed E-state index contributed by atoms with van der Waals surface area (Å²) in [6.07, 6.45) is 0.867. The quantitative estimate of drug-likeness (QED) is 0.282. The van der Waals surface area contributed by atoms with Crippen LogP contribution in [0.1, 0.15) is 17.3 Å². The number of methoxy groups -OCH3 is 1. The van der Waals surface area contributed by atoms with Crippen LogP contribution in [0.5, 0.6) is 0 Å². The highest BCUT2D eigenvalue weighted by molar-refractivity contribution is 9.10. The van der Waals surface area contributed by atoms with Crippen LogP contribution in [0.25, 0.3) is 0 Å². The van der Waals surface area contributed by atoms with E-state index in [2.05, 4.69) is 20.7 Å². The molecule has 0 aliphatic heterocycles. The minimum atomic E-state index is -1.05. The molecule has 1 aromatic rings. The Morgan fingerprint density at radius 2 is 1.78 bits per heavy atom. The minimum Gasteiger partial charge on any atom is -0.503 e. The molecule has 6 heteroatoms. The highest BCUT2D eigenvalue weighted by atomic mass is 79.9. The van der Waals surface area contributed by atoms with E-state index >= 15 is 0 Å². The van der Waals surface area contributed by atoms with Crippen molar-refractivity contribution >= 4 is 27.5 Å². The molecule has 3 nitrogen and oxygen atoms in total. The summed E-state index contributed by atoms with van der Waals surface area (Å²) in [7, 11) is 1.23. The van der Waals surface area contributed by atoms with Crippen LogP contribution < -0.4 is 0 Å². The van der Waals surface area contributed by atoms with Crippen molar-refractivity contribution in [3.8, 4) is 0 Å². The van der Waals surface area contributed by atoms with Crippen molar-refractivity contribution in [1.29, 1.82) is 0 Å². The molecule has 0 heterocycles. The molecule has 0 aromatic heterocycles. The Labute approximate surface area is 111 Å². The molecule has 0 N–H and O–H groups in total. The summed E-state index contributed by atoms with van der Waals surface area (Å²) in [5.41, 5.74) is -1.20. The van der Waals surface area contributed by atoms with Crippen LogP contribution in [0.2, 0.25) is 0 Å². The first kappa shape index (κ1) is 14.5. The molecule has 0 radical (unpaired) electrons. The van der Waals surface area contributed by atoms with Gasteiger partial charge in [-0.05, 0) is 19.1 Å². The highest BCUT2D eigenvalue weighted by Gasteiger charge is 2.24. The summed E-state index contributed by atoms with van der Waals surface area (Å²) in [4.78, 5) is 23.1. The van der Waals surface area contributed by atoms with Crippen molar-refractivity contribution in [2.45, 2.75) is 6.92 Å². The minimum absolute atomic E-state index is 0.161. The summed E-state index contributed by atoms with van der Waals surface area (Å²) in [6, 6.07) is 1.89. The Morgan fingerprint density at radius 3 is 2.17 bits per heavy atom. The third-order valence-electron chi connectivity index (χ3n) is 2.09. The molecule has 0 aliphatic rings. The number of benzene rings is 1. The number of carbonyl (C=O) groups excluding carboxylic acids is 2. The average molecular weight is 319 g/mol. The third kappa shape index (κ3) is 3.01. The number of Topliss-reactive ketones (excluding diaryl/α,β-unsaturated/α-hetero) is 2. The number of carbonyl (C=O) groups is 2. The van der Waals surface area contributed by atoms with Crippen LogP contribution in [0.4, 0.5) is 8.78 Å². The Bertz CT molecular complexity index is 515. The lowest BCUT2D eigenvalue weighted by Crippen LogP contribution is -2.14. The Morgan fingerprint density at radius 1 is 1.28 bits per heavy atom. The standard InChI is InChI=1S/C12H9BrF2O3/c1-6(16)8(5-18-2)12(17)11-9(14)3-7(13)4-10(11)15/h3-5H,1-2H3/b8-5+. The lowest BCUT2D eigenvalue weighted by molar-refractivity contribution is -0.113. The van der Waals surface area contributed by atoms with Crippen molar-refractivity contribution in [1.82, 2.24) is 0 Å². The normalized spacial score (nSPS) is 11.3. The van der Waals surface area contributed by atoms with Gasteiger partial charge in [0.05, 0.1) is 24.5 Å². The summed E-state index contributed by atoms with van der Waals surface area (Å²) in [5, 5.41) is 0. The zero-order valence-electron chi connectivity index (χ0n) is 9.59. The first-order valence-electron chi connectivity index (χ1n) is 4.81. The van der Waals surface area contributed by atoms with E-state index in [1.807, 2.05) is 0 Å². The fraction of sp³-hybridized carbons (Fsp3) is 0.167. The molecular formula is C12H9BrF2O3. The van der Waals surface area contributed by atoms with Gasteiger partial charge in [0.15, 0.2) is 5.78 Å². The van der Waals surface area contributed by atoms with Crippen molar-refractivity contribution in [2.75, 3.05) is 7.11 Å². The first-order chi connectivity index (χ1) is 8.38. The van der Waals surface area contributed by atoms with E-state index in [4.69, 9.17) is 0 Å². The molecule has 0 spiro atoms. The number of ether oxygens (including phenoxy) is 1. The molecule has 0 bridgehead atoms. The number of ketones is 2. The Hall–Kier alpha value is -1.56. The number of rotatable bonds is 4. The summed E-state index contributed by atoms with van der Waals surface area (Å²) >= 11 is 2.90. The number of allylic oxidation sites excluding steroid dienone is 1. The molecular weight excluding hydrogens is 310 g/mol. The topological polar surface area (TPSA) is 43.4 Å². The summed E-state index contributed by atoms with van der Waals surface area (Å²) < 4.78 is 31.8. The van der Waals surface area contributed by atoms with Gasteiger partial charge in [0.1, 0.15) is 11.6 Å². The van der Waals surface area contributed by atoms with Crippen LogP contribution in [-0.4, -0.2) is 18.7 Å². The molecule has 0 saturated carbocycles. The molecule has 0 atom stereocenters. The Balaban J connectivity index is 3.35. The maximum absolute atomic E-state index is 13.6. The Kier molecular flexibility index (Phi) is 4.72. The third-order valence-corrected chi connectivity index (χ3v) is 2.55. The molecule has 0 aliphatic carbocycles. The maximum atomic E-state index is 13.6. The SMILES string of the molecule is CO/C=C(\C(C)=O)C(=O)c1c(F)cc(Br)cc1F. The second-order valence-electron chi connectivity index (χ2n) is 3.40. The largest absolute Gasteiger partial charge is 0.503 e. The number of hydrogen-bond donors (Lipinski definition) is 0. The van der Waals surface area contributed by atoms with Crippen LogP contribution >= 0.6 is 15.9 Å². The van der Waals surface area contributed by atoms with Gasteiger partial charge in [-0.2, -0.15) is 0 Å². The maximum Gasteiger partial charge on any atom is 0.205 e. The van der Waals surface area contributed by atoms with Gasteiger partial charge in [-0.3, -0.25) is 9.59 Å². The predicted molar refractivity (Wildman–Crippen MR) is 64.2 cm³/mol. The van der Waals surface area contributed by atoms with Crippen molar-refractivity contribution < 1.29 is 23.1 Å². The lowest BCUT2D eigenvalue weighted by Gasteiger charge is -2.06. The fourth-order valence-electron chi connectivity index (χ4n) is 1.31. The van der Waals surface area contributed by atoms with Crippen molar-refractivity contribution in [2.24, 2.45) is 0 Å².